The number of hydrogen-bond donors (Lipinski definition) is 1. The summed E-state index contributed by atoms with van der Waals surface area (Å²) >= 11 is 0. The summed E-state index contributed by atoms with van der Waals surface area (Å²) in [6, 6.07) is 20.1. The maximum Gasteiger partial charge on any atom is 0.256 e. The average molecular weight is 407 g/mol. The summed E-state index contributed by atoms with van der Waals surface area (Å²) in [5.74, 6) is 0.551. The van der Waals surface area contributed by atoms with Gasteiger partial charge in [0, 0.05) is 16.8 Å². The van der Waals surface area contributed by atoms with Crippen molar-refractivity contribution in [1.82, 2.24) is 15.2 Å². The molecule has 0 aliphatic rings. The first-order chi connectivity index (χ1) is 15.1. The second-order valence-electron chi connectivity index (χ2n) is 7.25. The van der Waals surface area contributed by atoms with Gasteiger partial charge < -0.3 is 9.40 Å². The van der Waals surface area contributed by atoms with Crippen molar-refractivity contribution in [3.05, 3.63) is 104 Å². The molecule has 0 fully saturated rings. The molecule has 0 aliphatic carbocycles. The van der Waals surface area contributed by atoms with Crippen LogP contribution in [0.15, 0.2) is 80.7 Å². The van der Waals surface area contributed by atoms with Crippen molar-refractivity contribution in [2.75, 3.05) is 0 Å². The van der Waals surface area contributed by atoms with Gasteiger partial charge in [-0.3, -0.25) is 9.59 Å². The van der Waals surface area contributed by atoms with E-state index in [1.165, 1.54) is 0 Å². The Bertz CT molecular complexity index is 1580. The summed E-state index contributed by atoms with van der Waals surface area (Å²) in [7, 11) is 0. The van der Waals surface area contributed by atoms with Gasteiger partial charge >= 0.3 is 0 Å². The predicted octanol–water partition coefficient (Wildman–Crippen LogP) is 4.57. The van der Waals surface area contributed by atoms with E-state index in [4.69, 9.17) is 4.42 Å². The number of rotatable bonds is 3. The van der Waals surface area contributed by atoms with Gasteiger partial charge in [0.15, 0.2) is 5.43 Å². The van der Waals surface area contributed by atoms with Crippen LogP contribution in [-0.4, -0.2) is 15.2 Å². The molecule has 6 heteroatoms. The summed E-state index contributed by atoms with van der Waals surface area (Å²) in [4.78, 5) is 28.9. The zero-order chi connectivity index (χ0) is 21.4. The third-order valence-corrected chi connectivity index (χ3v) is 5.07. The highest BCUT2D eigenvalue weighted by Crippen LogP contribution is 2.27. The third kappa shape index (κ3) is 3.44. The molecular formula is C25H17N3O3. The standard InChI is InChI=1S/C25H17N3O3/c1-15-13-19-22(26-24(30)18-10-6-5-9-17(18)23(19)29)20(14-15)25-28-27-21(31-25)12-11-16-7-3-2-4-8-16/h2-14H,1H3,(H,26,30)/b12-11+. The van der Waals surface area contributed by atoms with E-state index in [1.54, 1.807) is 36.4 Å². The van der Waals surface area contributed by atoms with Crippen LogP contribution in [0, 0.1) is 6.92 Å². The third-order valence-electron chi connectivity index (χ3n) is 5.07. The van der Waals surface area contributed by atoms with Crippen LogP contribution < -0.4 is 11.0 Å². The summed E-state index contributed by atoms with van der Waals surface area (Å²) in [5, 5.41) is 9.33. The molecule has 0 unspecified atom stereocenters. The second kappa shape index (κ2) is 7.50. The molecule has 2 heterocycles. The van der Waals surface area contributed by atoms with Gasteiger partial charge in [-0.2, -0.15) is 0 Å². The van der Waals surface area contributed by atoms with E-state index in [9.17, 15) is 9.59 Å². The number of H-pyrrole nitrogens is 1. The molecule has 5 aromatic rings. The molecule has 1 N–H and O–H groups in total. The molecular weight excluding hydrogens is 390 g/mol. The summed E-state index contributed by atoms with van der Waals surface area (Å²) in [6.45, 7) is 1.88. The number of hydrogen-bond acceptors (Lipinski definition) is 5. The van der Waals surface area contributed by atoms with Crippen LogP contribution in [0.25, 0.3) is 45.3 Å². The number of aromatic amines is 1. The summed E-state index contributed by atoms with van der Waals surface area (Å²) in [5.41, 5.74) is 2.15. The summed E-state index contributed by atoms with van der Waals surface area (Å²) < 4.78 is 5.83. The zero-order valence-corrected chi connectivity index (χ0v) is 16.6. The van der Waals surface area contributed by atoms with Gasteiger partial charge in [0.1, 0.15) is 0 Å². The lowest BCUT2D eigenvalue weighted by Crippen LogP contribution is -2.02. The Morgan fingerprint density at radius 2 is 1.58 bits per heavy atom. The molecule has 2 aromatic heterocycles. The molecule has 5 rings (SSSR count). The highest BCUT2D eigenvalue weighted by atomic mass is 16.4. The van der Waals surface area contributed by atoms with Crippen molar-refractivity contribution in [1.29, 1.82) is 0 Å². The van der Waals surface area contributed by atoms with Crippen molar-refractivity contribution in [3.8, 4) is 11.5 Å². The molecule has 0 bridgehead atoms. The molecule has 150 valence electrons. The van der Waals surface area contributed by atoms with Crippen LogP contribution in [-0.2, 0) is 0 Å². The molecule has 0 saturated carbocycles. The van der Waals surface area contributed by atoms with Gasteiger partial charge in [-0.15, -0.1) is 10.2 Å². The normalized spacial score (nSPS) is 11.5. The molecule has 0 spiro atoms. The lowest BCUT2D eigenvalue weighted by Gasteiger charge is -2.02. The van der Waals surface area contributed by atoms with E-state index < -0.39 is 0 Å². The van der Waals surface area contributed by atoms with E-state index >= 15 is 0 Å². The first-order valence-electron chi connectivity index (χ1n) is 9.77. The van der Waals surface area contributed by atoms with Gasteiger partial charge in [0.2, 0.25) is 11.8 Å². The Hall–Kier alpha value is -4.32. The maximum absolute atomic E-state index is 13.2. The van der Waals surface area contributed by atoms with Gasteiger partial charge in [-0.1, -0.05) is 48.5 Å². The number of aromatic nitrogens is 3. The second-order valence-corrected chi connectivity index (χ2v) is 7.25. The van der Waals surface area contributed by atoms with Gasteiger partial charge in [-0.05, 0) is 42.3 Å². The fourth-order valence-corrected chi connectivity index (χ4v) is 3.62. The van der Waals surface area contributed by atoms with Crippen molar-refractivity contribution >= 4 is 33.8 Å². The SMILES string of the molecule is Cc1cc(-c2nnc(/C=C/c3ccccc3)o2)c2[nH]c(=O)c3ccccc3c(=O)c2c1. The Labute approximate surface area is 176 Å². The van der Waals surface area contributed by atoms with Crippen molar-refractivity contribution in [2.24, 2.45) is 0 Å². The van der Waals surface area contributed by atoms with E-state index in [2.05, 4.69) is 15.2 Å². The highest BCUT2D eigenvalue weighted by Gasteiger charge is 2.15. The van der Waals surface area contributed by atoms with Gasteiger partial charge in [0.05, 0.1) is 16.5 Å². The summed E-state index contributed by atoms with van der Waals surface area (Å²) in [6.07, 6.45) is 3.59. The minimum Gasteiger partial charge on any atom is -0.417 e. The molecule has 0 radical (unpaired) electrons. The van der Waals surface area contributed by atoms with Crippen molar-refractivity contribution in [2.45, 2.75) is 6.92 Å². The average Bonchev–Trinajstić information content (AvgIpc) is 3.24. The Morgan fingerprint density at radius 1 is 0.839 bits per heavy atom. The quantitative estimate of drug-likeness (QED) is 0.473. The molecule has 0 saturated heterocycles. The first kappa shape index (κ1) is 18.7. The fourth-order valence-electron chi connectivity index (χ4n) is 3.62. The molecule has 0 atom stereocenters. The van der Waals surface area contributed by atoms with Crippen LogP contribution in [0.4, 0.5) is 0 Å². The number of nitrogens with one attached hydrogen (secondary N) is 1. The smallest absolute Gasteiger partial charge is 0.256 e. The van der Waals surface area contributed by atoms with Crippen LogP contribution in [0.5, 0.6) is 0 Å². The van der Waals surface area contributed by atoms with Gasteiger partial charge in [0.25, 0.3) is 5.56 Å². The molecule has 3 aromatic carbocycles. The molecule has 6 nitrogen and oxygen atoms in total. The lowest BCUT2D eigenvalue weighted by molar-refractivity contribution is 0.558. The predicted molar refractivity (Wildman–Crippen MR) is 122 cm³/mol. The minimum absolute atomic E-state index is 0.224. The number of nitrogens with zero attached hydrogens (tertiary/aromatic N) is 2. The Morgan fingerprint density at radius 3 is 2.39 bits per heavy atom. The van der Waals surface area contributed by atoms with Crippen molar-refractivity contribution < 1.29 is 4.42 Å². The van der Waals surface area contributed by atoms with E-state index in [0.717, 1.165) is 11.1 Å². The van der Waals surface area contributed by atoms with E-state index in [-0.39, 0.29) is 16.9 Å². The minimum atomic E-state index is -0.350. The number of benzene rings is 3. The van der Waals surface area contributed by atoms with Crippen LogP contribution in [0.2, 0.25) is 0 Å². The Kier molecular flexibility index (Phi) is 4.52. The Balaban J connectivity index is 1.71. The fraction of sp³-hybridized carbons (Fsp3) is 0.0400. The maximum atomic E-state index is 13.2. The highest BCUT2D eigenvalue weighted by molar-refractivity contribution is 5.97. The van der Waals surface area contributed by atoms with E-state index in [1.807, 2.05) is 49.4 Å². The lowest BCUT2D eigenvalue weighted by atomic mass is 10.1. The zero-order valence-electron chi connectivity index (χ0n) is 16.6. The molecule has 0 amide bonds. The molecule has 31 heavy (non-hydrogen) atoms. The largest absolute Gasteiger partial charge is 0.417 e. The topological polar surface area (TPSA) is 88.8 Å². The van der Waals surface area contributed by atoms with E-state index in [0.29, 0.717) is 33.1 Å². The molecule has 0 aliphatic heterocycles. The van der Waals surface area contributed by atoms with Crippen LogP contribution in [0.3, 0.4) is 0 Å². The van der Waals surface area contributed by atoms with Crippen molar-refractivity contribution in [3.63, 3.8) is 0 Å². The first-order valence-corrected chi connectivity index (χ1v) is 9.77. The van der Waals surface area contributed by atoms with Crippen LogP contribution in [0.1, 0.15) is 17.0 Å². The number of aryl methyl sites for hydroxylation is 1. The monoisotopic (exact) mass is 407 g/mol. The van der Waals surface area contributed by atoms with Crippen LogP contribution >= 0.6 is 0 Å². The number of fused-ring (bicyclic) bond motifs is 2. The van der Waals surface area contributed by atoms with Gasteiger partial charge in [-0.25, -0.2) is 0 Å².